The van der Waals surface area contributed by atoms with Gasteiger partial charge in [-0.25, -0.2) is 0 Å². The van der Waals surface area contributed by atoms with Crippen molar-refractivity contribution in [2.75, 3.05) is 13.1 Å². The Morgan fingerprint density at radius 2 is 2.00 bits per heavy atom. The maximum Gasteiger partial charge on any atom is -0.00484 e. The standard InChI is InChI=1S/C5H11N/c1-3-5-6-4-2/h6H,1-5H2. The van der Waals surface area contributed by atoms with Gasteiger partial charge in [-0.3, -0.25) is 0 Å². The Bertz CT molecular complexity index is 15.9. The Morgan fingerprint density at radius 1 is 1.33 bits per heavy atom. The molecule has 2 radical (unpaired) electrons. The van der Waals surface area contributed by atoms with Crippen LogP contribution in [0.25, 0.3) is 0 Å². The van der Waals surface area contributed by atoms with Gasteiger partial charge in [-0.1, -0.05) is 6.92 Å². The van der Waals surface area contributed by atoms with Crippen LogP contribution in [0.3, 0.4) is 0 Å². The van der Waals surface area contributed by atoms with Crippen LogP contribution < -0.4 is 5.32 Å². The summed E-state index contributed by atoms with van der Waals surface area (Å²) in [5, 5.41) is 3.02. The molecule has 0 heterocycles. The van der Waals surface area contributed by atoms with Gasteiger partial charge in [-0.05, 0) is 26.4 Å². The molecule has 0 aromatic rings. The van der Waals surface area contributed by atoms with E-state index in [4.69, 9.17) is 0 Å². The average Bonchev–Trinajstić information content (AvgIpc) is 1.61. The smallest absolute Gasteiger partial charge is 0.00484 e. The maximum atomic E-state index is 3.63. The molecule has 6 heavy (non-hydrogen) atoms. The summed E-state index contributed by atoms with van der Waals surface area (Å²) in [6, 6.07) is 0. The molecule has 0 rings (SSSR count). The van der Waals surface area contributed by atoms with Crippen molar-refractivity contribution in [1.82, 2.24) is 5.32 Å². The summed E-state index contributed by atoms with van der Waals surface area (Å²) in [5.41, 5.74) is 0. The zero-order valence-electron chi connectivity index (χ0n) is 4.04. The molecule has 0 fully saturated rings. The number of hydrogen-bond donors (Lipinski definition) is 1. The second kappa shape index (κ2) is 4.96. The van der Waals surface area contributed by atoms with E-state index in [2.05, 4.69) is 19.2 Å². The lowest BCUT2D eigenvalue weighted by atomic mass is 10.5. The monoisotopic (exact) mass is 85.1 g/mol. The highest BCUT2D eigenvalue weighted by Gasteiger charge is 1.71. The average molecular weight is 85.2 g/mol. The second-order valence-corrected chi connectivity index (χ2v) is 1.10. The van der Waals surface area contributed by atoms with Crippen molar-refractivity contribution in [3.8, 4) is 0 Å². The first-order chi connectivity index (χ1) is 2.91. The van der Waals surface area contributed by atoms with E-state index in [-0.39, 0.29) is 0 Å². The predicted molar refractivity (Wildman–Crippen MR) is 28.2 cm³/mol. The summed E-state index contributed by atoms with van der Waals surface area (Å²) in [6.07, 6.45) is 0.954. The van der Waals surface area contributed by atoms with Gasteiger partial charge in [0.05, 0.1) is 0 Å². The largest absolute Gasteiger partial charge is 0.317 e. The van der Waals surface area contributed by atoms with Gasteiger partial charge >= 0.3 is 0 Å². The van der Waals surface area contributed by atoms with Crippen LogP contribution in [0.2, 0.25) is 0 Å². The predicted octanol–water partition coefficient (Wildman–Crippen LogP) is 0.634. The molecule has 36 valence electrons. The quantitative estimate of drug-likeness (QED) is 0.496. The van der Waals surface area contributed by atoms with Crippen molar-refractivity contribution >= 4 is 0 Å². The van der Waals surface area contributed by atoms with E-state index < -0.39 is 0 Å². The minimum atomic E-state index is 0.815. The molecule has 0 amide bonds. The van der Waals surface area contributed by atoms with Crippen molar-refractivity contribution < 1.29 is 0 Å². The molecular weight excluding hydrogens is 74.1 g/mol. The summed E-state index contributed by atoms with van der Waals surface area (Å²) >= 11 is 0. The van der Waals surface area contributed by atoms with E-state index in [1.165, 1.54) is 0 Å². The fourth-order valence-electron chi connectivity index (χ4n) is 0.250. The fourth-order valence-corrected chi connectivity index (χ4v) is 0.250. The van der Waals surface area contributed by atoms with Gasteiger partial charge in [0.15, 0.2) is 0 Å². The van der Waals surface area contributed by atoms with Crippen LogP contribution in [0.4, 0.5) is 0 Å². The van der Waals surface area contributed by atoms with Crippen molar-refractivity contribution in [2.45, 2.75) is 6.42 Å². The highest BCUT2D eigenvalue weighted by molar-refractivity contribution is 4.47. The molecule has 0 saturated heterocycles. The summed E-state index contributed by atoms with van der Waals surface area (Å²) < 4.78 is 0. The minimum absolute atomic E-state index is 0.815. The Labute approximate surface area is 39.7 Å². The first-order valence-corrected chi connectivity index (χ1v) is 2.21. The zero-order chi connectivity index (χ0) is 4.83. The maximum absolute atomic E-state index is 3.63. The van der Waals surface area contributed by atoms with Crippen LogP contribution in [0.5, 0.6) is 0 Å². The van der Waals surface area contributed by atoms with Crippen molar-refractivity contribution in [3.05, 3.63) is 13.8 Å². The van der Waals surface area contributed by atoms with Gasteiger partial charge < -0.3 is 5.32 Å². The van der Waals surface area contributed by atoms with Crippen molar-refractivity contribution in [1.29, 1.82) is 0 Å². The molecule has 0 bridgehead atoms. The number of nitrogens with one attached hydrogen (secondary N) is 1. The van der Waals surface area contributed by atoms with E-state index in [1.807, 2.05) is 0 Å². The first-order valence-electron chi connectivity index (χ1n) is 2.21. The van der Waals surface area contributed by atoms with E-state index in [9.17, 15) is 0 Å². The van der Waals surface area contributed by atoms with E-state index in [1.54, 1.807) is 0 Å². The highest BCUT2D eigenvalue weighted by Crippen LogP contribution is 1.64. The fraction of sp³-hybridized carbons (Fsp3) is 0.600. The van der Waals surface area contributed by atoms with Crippen LogP contribution >= 0.6 is 0 Å². The molecule has 0 saturated carbocycles. The first kappa shape index (κ1) is 5.96. The molecular formula is C5H11N. The molecule has 0 atom stereocenters. The van der Waals surface area contributed by atoms with E-state index in [0.717, 1.165) is 19.5 Å². The lowest BCUT2D eigenvalue weighted by Crippen LogP contribution is -2.12. The van der Waals surface area contributed by atoms with Crippen LogP contribution in [-0.4, -0.2) is 13.1 Å². The Balaban J connectivity index is 2.34. The Kier molecular flexibility index (Phi) is 4.93. The molecule has 0 aliphatic rings. The summed E-state index contributed by atoms with van der Waals surface area (Å²) in [4.78, 5) is 0. The summed E-state index contributed by atoms with van der Waals surface area (Å²) in [5.74, 6) is 0. The van der Waals surface area contributed by atoms with Gasteiger partial charge in [-0.15, -0.1) is 0 Å². The molecule has 1 nitrogen and oxygen atoms in total. The SMILES string of the molecule is [CH2]CCNC[CH2]. The third-order valence-corrected chi connectivity index (χ3v) is 0.530. The van der Waals surface area contributed by atoms with Gasteiger partial charge in [0.2, 0.25) is 0 Å². The lowest BCUT2D eigenvalue weighted by molar-refractivity contribution is 0.754. The van der Waals surface area contributed by atoms with Crippen LogP contribution in [0, 0.1) is 13.8 Å². The van der Waals surface area contributed by atoms with Crippen molar-refractivity contribution in [3.63, 3.8) is 0 Å². The number of rotatable bonds is 3. The van der Waals surface area contributed by atoms with Crippen LogP contribution in [0.1, 0.15) is 6.42 Å². The molecule has 0 aromatic carbocycles. The zero-order valence-corrected chi connectivity index (χ0v) is 4.04. The van der Waals surface area contributed by atoms with Gasteiger partial charge in [0.25, 0.3) is 0 Å². The number of hydrogen-bond acceptors (Lipinski definition) is 1. The van der Waals surface area contributed by atoms with Crippen LogP contribution in [-0.2, 0) is 0 Å². The Hall–Kier alpha value is -0.0400. The Morgan fingerprint density at radius 3 is 2.17 bits per heavy atom. The van der Waals surface area contributed by atoms with Gasteiger partial charge in [0.1, 0.15) is 0 Å². The molecule has 0 aliphatic heterocycles. The third kappa shape index (κ3) is 3.96. The molecule has 0 unspecified atom stereocenters. The normalized spacial score (nSPS) is 9.00. The van der Waals surface area contributed by atoms with E-state index >= 15 is 0 Å². The minimum Gasteiger partial charge on any atom is -0.317 e. The highest BCUT2D eigenvalue weighted by atomic mass is 14.8. The molecule has 0 aliphatic carbocycles. The topological polar surface area (TPSA) is 12.0 Å². The lowest BCUT2D eigenvalue weighted by Gasteiger charge is -1.91. The van der Waals surface area contributed by atoms with Crippen LogP contribution in [0.15, 0.2) is 0 Å². The molecule has 1 heteroatoms. The summed E-state index contributed by atoms with van der Waals surface area (Å²) in [7, 11) is 0. The van der Waals surface area contributed by atoms with Crippen molar-refractivity contribution in [2.24, 2.45) is 0 Å². The van der Waals surface area contributed by atoms with E-state index in [0.29, 0.717) is 0 Å². The van der Waals surface area contributed by atoms with Gasteiger partial charge in [-0.2, -0.15) is 0 Å². The molecule has 1 N–H and O–H groups in total. The molecule has 0 aromatic heterocycles. The third-order valence-electron chi connectivity index (χ3n) is 0.530. The van der Waals surface area contributed by atoms with Gasteiger partial charge in [0, 0.05) is 0 Å². The second-order valence-electron chi connectivity index (χ2n) is 1.10. The molecule has 0 spiro atoms. The summed E-state index contributed by atoms with van der Waals surface area (Å²) in [6.45, 7) is 9.02.